The Morgan fingerprint density at radius 3 is 1.21 bits per heavy atom. The van der Waals surface area contributed by atoms with Crippen LogP contribution in [0.5, 0.6) is 0 Å². The van der Waals surface area contributed by atoms with Crippen molar-refractivity contribution in [3.63, 3.8) is 0 Å². The molecule has 4 heteroatoms. The summed E-state index contributed by atoms with van der Waals surface area (Å²) in [5, 5.41) is 8.84. The van der Waals surface area contributed by atoms with E-state index < -0.39 is 0 Å². The van der Waals surface area contributed by atoms with E-state index in [1.165, 1.54) is 55.9 Å². The number of hydrogen-bond acceptors (Lipinski definition) is 4. The number of benzene rings is 10. The van der Waals surface area contributed by atoms with Gasteiger partial charge in [-0.3, -0.25) is 0 Å². The fourth-order valence-corrected chi connectivity index (χ4v) is 10.6. The SMILES string of the molecule is Cc1ccccc1N(c1ccc2cc3c(cc2c1)oc1c(-c2ccccc2)c2oc4cc5cc(N(c6ccccc6C)c6ccc(C)c(C)c6C)ccc5cc4c2cc13)c1ccc(C)c(C)c1C. The van der Waals surface area contributed by atoms with Crippen molar-refractivity contribution in [2.75, 3.05) is 9.80 Å². The molecule has 0 aliphatic rings. The van der Waals surface area contributed by atoms with Crippen LogP contribution < -0.4 is 9.80 Å². The molecule has 0 amide bonds. The summed E-state index contributed by atoms with van der Waals surface area (Å²) in [6.07, 6.45) is 0. The Morgan fingerprint density at radius 2 is 0.750 bits per heavy atom. The summed E-state index contributed by atoms with van der Waals surface area (Å²) in [5.74, 6) is 0. The van der Waals surface area contributed by atoms with Gasteiger partial charge in [-0.2, -0.15) is 0 Å². The monoisotopic (exact) mass is 880 g/mol. The lowest BCUT2D eigenvalue weighted by Crippen LogP contribution is -2.13. The zero-order valence-electron chi connectivity index (χ0n) is 39.9. The molecule has 0 unspecified atom stereocenters. The zero-order chi connectivity index (χ0) is 46.5. The molecule has 0 aliphatic carbocycles. The van der Waals surface area contributed by atoms with Crippen molar-refractivity contribution in [2.24, 2.45) is 0 Å². The summed E-state index contributed by atoms with van der Waals surface area (Å²) < 4.78 is 14.1. The molecule has 2 heterocycles. The summed E-state index contributed by atoms with van der Waals surface area (Å²) in [4.78, 5) is 4.81. The van der Waals surface area contributed by atoms with E-state index in [4.69, 9.17) is 8.83 Å². The molecule has 10 aromatic carbocycles. The molecule has 0 atom stereocenters. The summed E-state index contributed by atoms with van der Waals surface area (Å²) in [6.45, 7) is 17.7. The summed E-state index contributed by atoms with van der Waals surface area (Å²) >= 11 is 0. The lowest BCUT2D eigenvalue weighted by atomic mass is 9.97. The van der Waals surface area contributed by atoms with Gasteiger partial charge in [-0.1, -0.05) is 91.0 Å². The van der Waals surface area contributed by atoms with Crippen molar-refractivity contribution < 1.29 is 8.83 Å². The molecule has 68 heavy (non-hydrogen) atoms. The third-order valence-electron chi connectivity index (χ3n) is 14.9. The van der Waals surface area contributed by atoms with Crippen LogP contribution in [0.4, 0.5) is 34.1 Å². The van der Waals surface area contributed by atoms with Gasteiger partial charge in [0.05, 0.1) is 5.56 Å². The van der Waals surface area contributed by atoms with E-state index in [0.29, 0.717) is 0 Å². The van der Waals surface area contributed by atoms with Crippen LogP contribution in [0, 0.1) is 55.4 Å². The van der Waals surface area contributed by atoms with Gasteiger partial charge >= 0.3 is 0 Å². The van der Waals surface area contributed by atoms with Crippen molar-refractivity contribution >= 4 is 99.5 Å². The summed E-state index contributed by atoms with van der Waals surface area (Å²) in [6, 6.07) is 61.8. The topological polar surface area (TPSA) is 32.8 Å². The number of fused-ring (bicyclic) bond motifs is 8. The van der Waals surface area contributed by atoms with Crippen LogP contribution in [0.1, 0.15) is 44.5 Å². The number of para-hydroxylation sites is 2. The van der Waals surface area contributed by atoms with E-state index in [-0.39, 0.29) is 0 Å². The molecule has 0 spiro atoms. The van der Waals surface area contributed by atoms with Crippen molar-refractivity contribution in [2.45, 2.75) is 55.4 Å². The molecule has 4 nitrogen and oxygen atoms in total. The second kappa shape index (κ2) is 15.8. The Morgan fingerprint density at radius 1 is 0.309 bits per heavy atom. The van der Waals surface area contributed by atoms with Gasteiger partial charge in [0.2, 0.25) is 0 Å². The lowest BCUT2D eigenvalue weighted by Gasteiger charge is -2.29. The van der Waals surface area contributed by atoms with Gasteiger partial charge < -0.3 is 18.6 Å². The summed E-state index contributed by atoms with van der Waals surface area (Å²) in [7, 11) is 0. The molecule has 0 radical (unpaired) electrons. The van der Waals surface area contributed by atoms with E-state index in [1.54, 1.807) is 0 Å². The minimum Gasteiger partial charge on any atom is -0.455 e. The fourth-order valence-electron chi connectivity index (χ4n) is 10.6. The maximum absolute atomic E-state index is 7.05. The highest BCUT2D eigenvalue weighted by Crippen LogP contribution is 2.48. The van der Waals surface area contributed by atoms with Gasteiger partial charge in [0.15, 0.2) is 0 Å². The van der Waals surface area contributed by atoms with Gasteiger partial charge in [-0.15, -0.1) is 0 Å². The molecule has 0 fully saturated rings. The van der Waals surface area contributed by atoms with Crippen molar-refractivity contribution in [3.05, 3.63) is 214 Å². The minimum atomic E-state index is 0.824. The van der Waals surface area contributed by atoms with Crippen LogP contribution in [0.25, 0.3) is 76.5 Å². The molecule has 0 saturated carbocycles. The Kier molecular flexibility index (Phi) is 9.60. The first kappa shape index (κ1) is 41.4. The second-order valence-electron chi connectivity index (χ2n) is 18.9. The molecule has 12 aromatic rings. The zero-order valence-corrected chi connectivity index (χ0v) is 39.9. The standard InChI is InChI=1S/C64H52N2O2/c1-37-22-28-58(43(7)41(37)5)65(56-20-14-12-16-39(56)3)50-26-24-46-32-52-54-36-55-53-33-47-25-27-51(66(57-21-15-13-17-40(57)4)59-29-23-38(2)42(6)44(59)8)31-49(47)35-61(53)68-64(55)62(45-18-10-9-11-19-45)63(54)67-60(52)34-48(46)30-50/h9-36H,1-8H3. The fraction of sp³-hybridized carbons (Fsp3) is 0.125. The predicted molar refractivity (Wildman–Crippen MR) is 289 cm³/mol. The normalized spacial score (nSPS) is 11.8. The van der Waals surface area contributed by atoms with Gasteiger partial charge in [-0.05, 0) is 206 Å². The quantitative estimate of drug-likeness (QED) is 0.160. The van der Waals surface area contributed by atoms with Gasteiger partial charge in [0.1, 0.15) is 22.3 Å². The van der Waals surface area contributed by atoms with Gasteiger partial charge in [0.25, 0.3) is 0 Å². The number of anilines is 6. The molecule has 0 N–H and O–H groups in total. The first-order valence-corrected chi connectivity index (χ1v) is 23.7. The van der Waals surface area contributed by atoms with E-state index in [2.05, 4.69) is 235 Å². The summed E-state index contributed by atoms with van der Waals surface area (Å²) in [5.41, 5.74) is 22.4. The maximum atomic E-state index is 7.05. The van der Waals surface area contributed by atoms with Crippen molar-refractivity contribution in [1.29, 1.82) is 0 Å². The smallest absolute Gasteiger partial charge is 0.147 e. The largest absolute Gasteiger partial charge is 0.455 e. The van der Waals surface area contributed by atoms with Crippen LogP contribution in [0.3, 0.4) is 0 Å². The lowest BCUT2D eigenvalue weighted by molar-refractivity contribution is 0.658. The Hall–Kier alpha value is -8.08. The number of aryl methyl sites for hydroxylation is 4. The molecule has 0 saturated heterocycles. The molecular weight excluding hydrogens is 829 g/mol. The van der Waals surface area contributed by atoms with Crippen LogP contribution in [-0.4, -0.2) is 0 Å². The average Bonchev–Trinajstić information content (AvgIpc) is 3.89. The number of furan rings is 2. The second-order valence-corrected chi connectivity index (χ2v) is 18.9. The van der Waals surface area contributed by atoms with Gasteiger partial charge in [0, 0.05) is 55.7 Å². The third kappa shape index (κ3) is 6.50. The first-order chi connectivity index (χ1) is 33.0. The van der Waals surface area contributed by atoms with Crippen molar-refractivity contribution in [1.82, 2.24) is 0 Å². The van der Waals surface area contributed by atoms with E-state index in [9.17, 15) is 0 Å². The Balaban J connectivity index is 1.04. The highest BCUT2D eigenvalue weighted by Gasteiger charge is 2.24. The molecule has 12 rings (SSSR count). The van der Waals surface area contributed by atoms with Gasteiger partial charge in [-0.25, -0.2) is 0 Å². The Bertz CT molecular complexity index is 3780. The van der Waals surface area contributed by atoms with Crippen LogP contribution >= 0.6 is 0 Å². The maximum Gasteiger partial charge on any atom is 0.147 e. The van der Waals surface area contributed by atoms with E-state index >= 15 is 0 Å². The highest BCUT2D eigenvalue weighted by atomic mass is 16.3. The van der Waals surface area contributed by atoms with Crippen LogP contribution in [-0.2, 0) is 0 Å². The van der Waals surface area contributed by atoms with E-state index in [0.717, 1.165) is 99.3 Å². The average molecular weight is 881 g/mol. The molecule has 2 aromatic heterocycles. The van der Waals surface area contributed by atoms with Crippen molar-refractivity contribution in [3.8, 4) is 11.1 Å². The number of nitrogens with zero attached hydrogens (tertiary/aromatic N) is 2. The molecule has 0 bridgehead atoms. The minimum absolute atomic E-state index is 0.824. The molecule has 0 aliphatic heterocycles. The first-order valence-electron chi connectivity index (χ1n) is 23.7. The Labute approximate surface area is 397 Å². The third-order valence-corrected chi connectivity index (χ3v) is 14.9. The number of hydrogen-bond donors (Lipinski definition) is 0. The van der Waals surface area contributed by atoms with Crippen LogP contribution in [0.2, 0.25) is 0 Å². The predicted octanol–water partition coefficient (Wildman–Crippen LogP) is 18.9. The van der Waals surface area contributed by atoms with E-state index in [1.807, 2.05) is 0 Å². The highest BCUT2D eigenvalue weighted by molar-refractivity contribution is 6.24. The number of rotatable bonds is 7. The molecular formula is C64H52N2O2. The molecule has 330 valence electrons. The van der Waals surface area contributed by atoms with Crippen LogP contribution in [0.15, 0.2) is 179 Å².